The molecule has 1 aliphatic carbocycles. The van der Waals surface area contributed by atoms with E-state index in [0.29, 0.717) is 18.4 Å². The zero-order chi connectivity index (χ0) is 17.8. The molecule has 0 saturated heterocycles. The second kappa shape index (κ2) is 5.36. The van der Waals surface area contributed by atoms with Crippen molar-refractivity contribution in [2.24, 2.45) is 15.6 Å². The number of allylic oxidation sites excluding steroid dienone is 1. The number of benzene rings is 1. The Morgan fingerprint density at radius 3 is 2.68 bits per heavy atom. The number of ketones is 1. The van der Waals surface area contributed by atoms with Crippen LogP contribution in [0.4, 0.5) is 0 Å². The van der Waals surface area contributed by atoms with Crippen LogP contribution in [-0.4, -0.2) is 23.2 Å². The predicted molar refractivity (Wildman–Crippen MR) is 94.7 cm³/mol. The van der Waals surface area contributed by atoms with Crippen LogP contribution >= 0.6 is 0 Å². The zero-order valence-corrected chi connectivity index (χ0v) is 14.8. The number of azo groups is 1. The van der Waals surface area contributed by atoms with Gasteiger partial charge >= 0.3 is 0 Å². The van der Waals surface area contributed by atoms with E-state index in [-0.39, 0.29) is 11.9 Å². The van der Waals surface area contributed by atoms with Crippen LogP contribution in [0.15, 0.2) is 63.6 Å². The van der Waals surface area contributed by atoms with Gasteiger partial charge in [-0.1, -0.05) is 51.1 Å². The first kappa shape index (κ1) is 16.2. The van der Waals surface area contributed by atoms with Gasteiger partial charge in [0, 0.05) is 22.3 Å². The Hall–Kier alpha value is -2.27. The molecule has 2 unspecified atom stereocenters. The van der Waals surface area contributed by atoms with Crippen molar-refractivity contribution in [3.05, 3.63) is 58.9 Å². The summed E-state index contributed by atoms with van der Waals surface area (Å²) in [5.74, 6) is -0.185. The van der Waals surface area contributed by atoms with Gasteiger partial charge < -0.3 is 10.4 Å². The highest BCUT2D eigenvalue weighted by Gasteiger charge is 2.55. The number of carbonyl (C=O) groups excluding carboxylic acids is 1. The molecule has 0 amide bonds. The van der Waals surface area contributed by atoms with E-state index in [1.54, 1.807) is 6.20 Å². The van der Waals surface area contributed by atoms with Gasteiger partial charge in [0.25, 0.3) is 0 Å². The predicted octanol–water partition coefficient (Wildman–Crippen LogP) is 3.23. The first-order valence-corrected chi connectivity index (χ1v) is 8.80. The maximum Gasteiger partial charge on any atom is 0.190 e. The van der Waals surface area contributed by atoms with Gasteiger partial charge in [-0.15, -0.1) is 0 Å². The Labute approximate surface area is 147 Å². The van der Waals surface area contributed by atoms with E-state index in [4.69, 9.17) is 0 Å². The Morgan fingerprint density at radius 2 is 2.00 bits per heavy atom. The number of nitrogens with one attached hydrogen (secondary N) is 1. The van der Waals surface area contributed by atoms with E-state index in [0.717, 1.165) is 16.8 Å². The van der Waals surface area contributed by atoms with Crippen LogP contribution in [0.3, 0.4) is 0 Å². The second-order valence-electron chi connectivity index (χ2n) is 7.77. The molecule has 3 atom stereocenters. The van der Waals surface area contributed by atoms with Gasteiger partial charge in [-0.25, -0.2) is 0 Å². The monoisotopic (exact) mass is 337 g/mol. The number of fused-ring (bicyclic) bond motifs is 1. The molecule has 0 fully saturated rings. The molecule has 2 aliphatic heterocycles. The summed E-state index contributed by atoms with van der Waals surface area (Å²) in [5.41, 5.74) is 2.52. The quantitative estimate of drug-likeness (QED) is 0.870. The number of aliphatic hydroxyl groups excluding tert-OH is 1. The lowest BCUT2D eigenvalue weighted by atomic mass is 9.58. The summed E-state index contributed by atoms with van der Waals surface area (Å²) in [6.07, 6.45) is 1.86. The lowest BCUT2D eigenvalue weighted by molar-refractivity contribution is -0.131. The van der Waals surface area contributed by atoms with E-state index in [1.165, 1.54) is 0 Å². The van der Waals surface area contributed by atoms with Crippen LogP contribution in [0.25, 0.3) is 0 Å². The number of hydrogen-bond acceptors (Lipinski definition) is 5. The van der Waals surface area contributed by atoms with Gasteiger partial charge in [0.05, 0.1) is 11.6 Å². The molecule has 5 nitrogen and oxygen atoms in total. The highest BCUT2D eigenvalue weighted by atomic mass is 16.3. The molecule has 2 heterocycles. The molecule has 4 rings (SSSR count). The fraction of sp³-hybridized carbons (Fsp3) is 0.450. The van der Waals surface area contributed by atoms with Crippen molar-refractivity contribution in [3.8, 4) is 0 Å². The molecule has 2 N–H and O–H groups in total. The molecule has 1 aromatic rings. The average molecular weight is 337 g/mol. The Kier molecular flexibility index (Phi) is 3.48. The summed E-state index contributed by atoms with van der Waals surface area (Å²) in [6.45, 7) is 5.94. The van der Waals surface area contributed by atoms with Crippen LogP contribution in [0.1, 0.15) is 39.2 Å². The van der Waals surface area contributed by atoms with Gasteiger partial charge in [-0.2, -0.15) is 10.2 Å². The standard InChI is InChI=1S/C20H23N3O2/c1-4-20(12-8-6-5-7-9-12)13-11-21-23-18(13)22-14-10-19(2,3)17(25)16(24)15(14)20/h5-9,11,17-18,22,25H,4,10H2,1-3H3/t17?,18?,20-/m0/s1. The van der Waals surface area contributed by atoms with Crippen molar-refractivity contribution in [2.75, 3.05) is 0 Å². The third-order valence-corrected chi connectivity index (χ3v) is 5.87. The largest absolute Gasteiger partial charge is 0.384 e. The Balaban J connectivity index is 2.01. The lowest BCUT2D eigenvalue weighted by Crippen LogP contribution is -2.55. The molecular weight excluding hydrogens is 314 g/mol. The third-order valence-electron chi connectivity index (χ3n) is 5.87. The van der Waals surface area contributed by atoms with Crippen molar-refractivity contribution in [3.63, 3.8) is 0 Å². The van der Waals surface area contributed by atoms with E-state index in [1.807, 2.05) is 32.0 Å². The van der Waals surface area contributed by atoms with Crippen molar-refractivity contribution < 1.29 is 9.90 Å². The molecule has 1 aromatic carbocycles. The van der Waals surface area contributed by atoms with E-state index < -0.39 is 16.9 Å². The van der Waals surface area contributed by atoms with E-state index in [2.05, 4.69) is 34.6 Å². The highest BCUT2D eigenvalue weighted by Crippen LogP contribution is 2.53. The molecular formula is C20H23N3O2. The maximum atomic E-state index is 13.3. The molecule has 0 radical (unpaired) electrons. The molecule has 5 heteroatoms. The van der Waals surface area contributed by atoms with Crippen LogP contribution < -0.4 is 5.32 Å². The van der Waals surface area contributed by atoms with Crippen LogP contribution in [0, 0.1) is 5.41 Å². The number of Topliss-reactive ketones (excluding diaryl/α,β-unsaturated/α-hetero) is 1. The summed E-state index contributed by atoms with van der Waals surface area (Å²) in [5, 5.41) is 22.5. The first-order chi connectivity index (χ1) is 11.9. The van der Waals surface area contributed by atoms with Crippen LogP contribution in [0.2, 0.25) is 0 Å². The van der Waals surface area contributed by atoms with Crippen molar-refractivity contribution in [1.82, 2.24) is 5.32 Å². The number of nitrogens with zero attached hydrogens (tertiary/aromatic N) is 2. The summed E-state index contributed by atoms with van der Waals surface area (Å²) in [7, 11) is 0. The van der Waals surface area contributed by atoms with Gasteiger partial charge in [-0.05, 0) is 18.4 Å². The molecule has 0 saturated carbocycles. The fourth-order valence-electron chi connectivity index (χ4n) is 4.55. The van der Waals surface area contributed by atoms with Gasteiger partial charge in [0.1, 0.15) is 6.10 Å². The summed E-state index contributed by atoms with van der Waals surface area (Å²) < 4.78 is 0. The second-order valence-corrected chi connectivity index (χ2v) is 7.77. The Morgan fingerprint density at radius 1 is 1.28 bits per heavy atom. The van der Waals surface area contributed by atoms with Gasteiger partial charge in [0.15, 0.2) is 11.9 Å². The summed E-state index contributed by atoms with van der Waals surface area (Å²) >= 11 is 0. The SMILES string of the molecule is CC[C@]1(c2ccccc2)C2=CN=NC2NC2=C1C(=O)C(O)C(C)(C)C2. The number of hydrogen-bond donors (Lipinski definition) is 2. The molecule has 0 bridgehead atoms. The minimum atomic E-state index is -1.00. The highest BCUT2D eigenvalue weighted by molar-refractivity contribution is 6.04. The topological polar surface area (TPSA) is 74.0 Å². The summed E-state index contributed by atoms with van der Waals surface area (Å²) in [6, 6.07) is 10.0. The van der Waals surface area contributed by atoms with Crippen molar-refractivity contribution >= 4 is 5.78 Å². The number of rotatable bonds is 2. The number of aliphatic hydroxyl groups is 1. The smallest absolute Gasteiger partial charge is 0.190 e. The van der Waals surface area contributed by atoms with E-state index in [9.17, 15) is 9.90 Å². The summed E-state index contributed by atoms with van der Waals surface area (Å²) in [4.78, 5) is 13.3. The van der Waals surface area contributed by atoms with Crippen molar-refractivity contribution in [2.45, 2.75) is 51.3 Å². The molecule has 0 spiro atoms. The lowest BCUT2D eigenvalue weighted by Gasteiger charge is -2.49. The first-order valence-electron chi connectivity index (χ1n) is 8.80. The van der Waals surface area contributed by atoms with Gasteiger partial charge in [-0.3, -0.25) is 4.79 Å². The molecule has 25 heavy (non-hydrogen) atoms. The maximum absolute atomic E-state index is 13.3. The van der Waals surface area contributed by atoms with Crippen LogP contribution in [0.5, 0.6) is 0 Å². The van der Waals surface area contributed by atoms with Crippen LogP contribution in [-0.2, 0) is 10.2 Å². The average Bonchev–Trinajstić information content (AvgIpc) is 3.07. The molecule has 3 aliphatic rings. The number of carbonyl (C=O) groups is 1. The fourth-order valence-corrected chi connectivity index (χ4v) is 4.55. The van der Waals surface area contributed by atoms with Gasteiger partial charge in [0.2, 0.25) is 0 Å². The molecule has 0 aromatic heterocycles. The van der Waals surface area contributed by atoms with E-state index >= 15 is 0 Å². The normalized spacial score (nSPS) is 32.8. The Bertz CT molecular complexity index is 823. The zero-order valence-electron chi connectivity index (χ0n) is 14.8. The molecule has 130 valence electrons. The minimum absolute atomic E-state index is 0.185. The minimum Gasteiger partial charge on any atom is -0.384 e. The van der Waals surface area contributed by atoms with Crippen molar-refractivity contribution in [1.29, 1.82) is 0 Å². The third kappa shape index (κ3) is 2.08.